The van der Waals surface area contributed by atoms with Crippen LogP contribution in [-0.4, -0.2) is 9.55 Å². The summed E-state index contributed by atoms with van der Waals surface area (Å²) < 4.78 is 15.8. The minimum atomic E-state index is -0.334. The summed E-state index contributed by atoms with van der Waals surface area (Å²) in [7, 11) is 0. The van der Waals surface area contributed by atoms with Crippen molar-refractivity contribution in [3.8, 4) is 5.69 Å². The molecule has 1 N–H and O–H groups in total. The molecule has 1 aromatic heterocycles. The van der Waals surface area contributed by atoms with Crippen LogP contribution in [0.2, 0.25) is 5.02 Å². The fourth-order valence-electron chi connectivity index (χ4n) is 2.80. The van der Waals surface area contributed by atoms with Crippen LogP contribution in [0, 0.1) is 17.5 Å². The van der Waals surface area contributed by atoms with Crippen molar-refractivity contribution in [3.63, 3.8) is 0 Å². The van der Waals surface area contributed by atoms with Crippen LogP contribution in [0.3, 0.4) is 0 Å². The van der Waals surface area contributed by atoms with E-state index in [-0.39, 0.29) is 11.2 Å². The van der Waals surface area contributed by atoms with Gasteiger partial charge in [-0.15, -0.1) is 0 Å². The highest BCUT2D eigenvalue weighted by Gasteiger charge is 2.28. The zero-order valence-corrected chi connectivity index (χ0v) is 15.3. The molecule has 0 bridgehead atoms. The Kier molecular flexibility index (Phi) is 4.37. The number of halogens is 2. The number of aromatic nitrogens is 2. The minimum absolute atomic E-state index is 0.271. The van der Waals surface area contributed by atoms with Crippen molar-refractivity contribution >= 4 is 23.8 Å². The van der Waals surface area contributed by atoms with Crippen molar-refractivity contribution in [2.24, 2.45) is 0 Å². The predicted molar refractivity (Wildman–Crippen MR) is 99.2 cm³/mol. The molecule has 0 unspecified atom stereocenters. The molecule has 1 heterocycles. The van der Waals surface area contributed by atoms with Gasteiger partial charge in [-0.2, -0.15) is 0 Å². The molecule has 2 nitrogen and oxygen atoms in total. The van der Waals surface area contributed by atoms with Gasteiger partial charge in [0.25, 0.3) is 0 Å². The van der Waals surface area contributed by atoms with Crippen LogP contribution in [0.5, 0.6) is 0 Å². The second kappa shape index (κ2) is 6.19. The second-order valence-electron chi connectivity index (χ2n) is 6.38. The predicted octanol–water partition coefficient (Wildman–Crippen LogP) is 5.96. The monoisotopic (exact) mass is 360 g/mol. The van der Waals surface area contributed by atoms with Gasteiger partial charge in [-0.25, -0.2) is 4.39 Å². The van der Waals surface area contributed by atoms with Gasteiger partial charge in [0, 0.05) is 22.3 Å². The Morgan fingerprint density at radius 1 is 1.12 bits per heavy atom. The van der Waals surface area contributed by atoms with Crippen molar-refractivity contribution < 1.29 is 4.39 Å². The van der Waals surface area contributed by atoms with Crippen molar-refractivity contribution in [2.45, 2.75) is 26.2 Å². The topological polar surface area (TPSA) is 20.7 Å². The van der Waals surface area contributed by atoms with Crippen LogP contribution < -0.4 is 0 Å². The van der Waals surface area contributed by atoms with E-state index in [1.807, 2.05) is 29.8 Å². The molecule has 0 atom stereocenters. The maximum Gasteiger partial charge on any atom is 0.182 e. The van der Waals surface area contributed by atoms with Crippen LogP contribution in [0.25, 0.3) is 5.69 Å². The summed E-state index contributed by atoms with van der Waals surface area (Å²) in [4.78, 5) is 3.10. The molecule has 5 heteroatoms. The first-order chi connectivity index (χ1) is 11.3. The second-order valence-corrected chi connectivity index (χ2v) is 7.17. The van der Waals surface area contributed by atoms with Crippen LogP contribution in [-0.2, 0) is 5.41 Å². The van der Waals surface area contributed by atoms with E-state index in [4.69, 9.17) is 23.8 Å². The zero-order valence-electron chi connectivity index (χ0n) is 13.7. The van der Waals surface area contributed by atoms with Crippen molar-refractivity contribution in [2.75, 3.05) is 0 Å². The average molecular weight is 361 g/mol. The Morgan fingerprint density at radius 3 is 2.42 bits per heavy atom. The Morgan fingerprint density at radius 2 is 1.79 bits per heavy atom. The number of rotatable bonds is 3. The van der Waals surface area contributed by atoms with Crippen LogP contribution in [0.1, 0.15) is 30.7 Å². The molecule has 0 saturated carbocycles. The molecule has 0 saturated heterocycles. The summed E-state index contributed by atoms with van der Waals surface area (Å²) in [6, 6.07) is 12.4. The molecule has 0 spiro atoms. The molecular weight excluding hydrogens is 343 g/mol. The summed E-state index contributed by atoms with van der Waals surface area (Å²) in [5.41, 5.74) is 3.60. The average Bonchev–Trinajstić information content (AvgIpc) is 2.93. The number of imidazole rings is 1. The summed E-state index contributed by atoms with van der Waals surface area (Å²) in [5, 5.41) is 0.739. The van der Waals surface area contributed by atoms with Crippen LogP contribution in [0.4, 0.5) is 4.39 Å². The van der Waals surface area contributed by atoms with E-state index in [1.54, 1.807) is 12.1 Å². The standard InChI is InChI=1S/C19H18ClFN2S/c1-12-4-5-13(10-16(12)20)19(2,3)17-11-22-18(24)23(17)15-8-6-14(21)7-9-15/h4-11H,1-3H3,(H,22,24). The molecular formula is C19H18ClFN2S. The fourth-order valence-corrected chi connectivity index (χ4v) is 3.25. The van der Waals surface area contributed by atoms with Gasteiger partial charge in [0.15, 0.2) is 4.77 Å². The fraction of sp³-hybridized carbons (Fsp3) is 0.211. The van der Waals surface area contributed by atoms with Crippen molar-refractivity contribution in [1.82, 2.24) is 9.55 Å². The normalized spacial score (nSPS) is 11.7. The molecule has 3 aromatic rings. The molecule has 0 aliphatic rings. The van der Waals surface area contributed by atoms with Gasteiger partial charge in [-0.1, -0.05) is 37.6 Å². The molecule has 3 rings (SSSR count). The Labute approximate surface area is 150 Å². The summed E-state index contributed by atoms with van der Waals surface area (Å²) in [6.07, 6.45) is 1.90. The summed E-state index contributed by atoms with van der Waals surface area (Å²) in [6.45, 7) is 6.22. The van der Waals surface area contributed by atoms with Gasteiger partial charge < -0.3 is 4.98 Å². The number of nitrogens with one attached hydrogen (secondary N) is 1. The van der Waals surface area contributed by atoms with Crippen molar-refractivity contribution in [1.29, 1.82) is 0 Å². The van der Waals surface area contributed by atoms with Gasteiger partial charge in [0.1, 0.15) is 5.82 Å². The molecule has 0 aliphatic heterocycles. The van der Waals surface area contributed by atoms with E-state index in [0.717, 1.165) is 27.5 Å². The van der Waals surface area contributed by atoms with Crippen LogP contribution in [0.15, 0.2) is 48.7 Å². The lowest BCUT2D eigenvalue weighted by molar-refractivity contribution is 0.599. The van der Waals surface area contributed by atoms with E-state index in [1.165, 1.54) is 12.1 Å². The molecule has 0 aliphatic carbocycles. The highest BCUT2D eigenvalue weighted by molar-refractivity contribution is 7.71. The number of H-pyrrole nitrogens is 1. The third-order valence-corrected chi connectivity index (χ3v) is 5.10. The SMILES string of the molecule is Cc1ccc(C(C)(C)c2c[nH]c(=S)n2-c2ccc(F)cc2)cc1Cl. The van der Waals surface area contributed by atoms with Gasteiger partial charge >= 0.3 is 0 Å². The number of aromatic amines is 1. The molecule has 2 aromatic carbocycles. The largest absolute Gasteiger partial charge is 0.337 e. The Bertz CT molecular complexity index is 939. The first kappa shape index (κ1) is 16.9. The maximum absolute atomic E-state index is 13.3. The number of hydrogen-bond donors (Lipinski definition) is 1. The smallest absolute Gasteiger partial charge is 0.182 e. The lowest BCUT2D eigenvalue weighted by Crippen LogP contribution is -2.23. The van der Waals surface area contributed by atoms with Crippen molar-refractivity contribution in [3.05, 3.63) is 81.1 Å². The summed E-state index contributed by atoms with van der Waals surface area (Å²) >= 11 is 11.8. The van der Waals surface area contributed by atoms with Gasteiger partial charge in [-0.3, -0.25) is 4.57 Å². The van der Waals surface area contributed by atoms with Crippen LogP contribution >= 0.6 is 23.8 Å². The third-order valence-electron chi connectivity index (χ3n) is 4.40. The first-order valence-corrected chi connectivity index (χ1v) is 8.43. The van der Waals surface area contributed by atoms with E-state index in [0.29, 0.717) is 4.77 Å². The summed E-state index contributed by atoms with van der Waals surface area (Å²) in [5.74, 6) is -0.271. The first-order valence-electron chi connectivity index (χ1n) is 7.64. The third kappa shape index (κ3) is 2.92. The molecule has 124 valence electrons. The minimum Gasteiger partial charge on any atom is -0.337 e. The van der Waals surface area contributed by atoms with Gasteiger partial charge in [0.2, 0.25) is 0 Å². The van der Waals surface area contributed by atoms with Gasteiger partial charge in [-0.05, 0) is 60.6 Å². The molecule has 0 amide bonds. The Balaban J connectivity index is 2.17. The lowest BCUT2D eigenvalue weighted by atomic mass is 9.81. The molecule has 0 radical (unpaired) electrons. The Hall–Kier alpha value is -1.91. The van der Waals surface area contributed by atoms with E-state index < -0.39 is 0 Å². The van der Waals surface area contributed by atoms with E-state index in [9.17, 15) is 4.39 Å². The number of aryl methyl sites for hydroxylation is 1. The number of nitrogens with zero attached hydrogens (tertiary/aromatic N) is 1. The maximum atomic E-state index is 13.3. The highest BCUT2D eigenvalue weighted by atomic mass is 35.5. The van der Waals surface area contributed by atoms with Gasteiger partial charge in [0.05, 0.1) is 5.69 Å². The number of hydrogen-bond acceptors (Lipinski definition) is 1. The van der Waals surface area contributed by atoms with E-state index >= 15 is 0 Å². The zero-order chi connectivity index (χ0) is 17.5. The molecule has 0 fully saturated rings. The number of benzene rings is 2. The lowest BCUT2D eigenvalue weighted by Gasteiger charge is -2.27. The molecule has 24 heavy (non-hydrogen) atoms. The highest BCUT2D eigenvalue weighted by Crippen LogP contribution is 2.35. The quantitative estimate of drug-likeness (QED) is 0.571. The van der Waals surface area contributed by atoms with E-state index in [2.05, 4.69) is 24.9 Å².